The fourth-order valence-electron chi connectivity index (χ4n) is 2.65. The van der Waals surface area contributed by atoms with Crippen molar-refractivity contribution in [1.82, 2.24) is 0 Å². The monoisotopic (exact) mass is 272 g/mol. The predicted molar refractivity (Wildman–Crippen MR) is 82.0 cm³/mol. The zero-order valence-electron chi connectivity index (χ0n) is 12.7. The lowest BCUT2D eigenvalue weighted by Gasteiger charge is -2.25. The minimum absolute atomic E-state index is 0.244. The smallest absolute Gasteiger partial charge is 0.338 e. The second-order valence-corrected chi connectivity index (χ2v) is 6.01. The molecule has 20 heavy (non-hydrogen) atoms. The van der Waals surface area contributed by atoms with Crippen LogP contribution in [-0.4, -0.2) is 11.6 Å². The highest BCUT2D eigenvalue weighted by molar-refractivity contribution is 5.90. The third kappa shape index (κ3) is 2.95. The van der Waals surface area contributed by atoms with Crippen molar-refractivity contribution < 1.29 is 9.53 Å². The lowest BCUT2D eigenvalue weighted by molar-refractivity contribution is 0.00899. The number of carbonyl (C=O) groups excluding carboxylic acids is 1. The summed E-state index contributed by atoms with van der Waals surface area (Å²) >= 11 is 0. The van der Waals surface area contributed by atoms with Gasteiger partial charge in [-0.25, -0.2) is 4.79 Å². The van der Waals surface area contributed by atoms with Gasteiger partial charge in [-0.1, -0.05) is 32.6 Å². The van der Waals surface area contributed by atoms with Gasteiger partial charge in [-0.15, -0.1) is 0 Å². The van der Waals surface area contributed by atoms with E-state index in [0.29, 0.717) is 11.5 Å². The van der Waals surface area contributed by atoms with E-state index in [1.807, 2.05) is 31.2 Å². The third-order valence-corrected chi connectivity index (χ3v) is 4.53. The number of hydrogen-bond acceptors (Lipinski definition) is 2. The van der Waals surface area contributed by atoms with Crippen LogP contribution < -0.4 is 0 Å². The van der Waals surface area contributed by atoms with Crippen LogP contribution in [0.1, 0.15) is 68.3 Å². The van der Waals surface area contributed by atoms with Gasteiger partial charge >= 0.3 is 5.97 Å². The zero-order valence-corrected chi connectivity index (χ0v) is 12.7. The van der Waals surface area contributed by atoms with Gasteiger partial charge < -0.3 is 4.74 Å². The van der Waals surface area contributed by atoms with E-state index in [1.54, 1.807) is 0 Å². The molecule has 2 atom stereocenters. The maximum Gasteiger partial charge on any atom is 0.338 e. The maximum atomic E-state index is 12.2. The van der Waals surface area contributed by atoms with E-state index in [9.17, 15) is 4.79 Å². The van der Waals surface area contributed by atoms with Crippen molar-refractivity contribution in [2.75, 3.05) is 0 Å². The number of ether oxygens (including phenoxy) is 1. The number of carbonyl (C=O) groups is 1. The van der Waals surface area contributed by atoms with Crippen LogP contribution in [0.25, 0.3) is 0 Å². The molecular formula is C18H24O2. The average molecular weight is 272 g/mol. The molecule has 0 saturated heterocycles. The molecule has 0 spiro atoms. The molecule has 2 nitrogen and oxygen atoms in total. The van der Waals surface area contributed by atoms with Crippen LogP contribution in [0.2, 0.25) is 0 Å². The second kappa shape index (κ2) is 5.82. The Morgan fingerprint density at radius 1 is 1.40 bits per heavy atom. The maximum absolute atomic E-state index is 12.2. The van der Waals surface area contributed by atoms with Gasteiger partial charge in [0, 0.05) is 0 Å². The molecule has 0 N–H and O–H groups in total. The summed E-state index contributed by atoms with van der Waals surface area (Å²) in [5.74, 6) is 0.276. The molecule has 1 aliphatic carbocycles. The summed E-state index contributed by atoms with van der Waals surface area (Å²) in [7, 11) is 0. The summed E-state index contributed by atoms with van der Waals surface area (Å²) < 4.78 is 5.69. The molecule has 1 saturated carbocycles. The molecule has 0 bridgehead atoms. The van der Waals surface area contributed by atoms with Crippen LogP contribution in [0.3, 0.4) is 0 Å². The molecule has 1 aromatic rings. The quantitative estimate of drug-likeness (QED) is 0.578. The molecule has 0 amide bonds. The number of rotatable bonds is 4. The summed E-state index contributed by atoms with van der Waals surface area (Å²) in [6.07, 6.45) is 3.98. The first-order valence-corrected chi connectivity index (χ1v) is 7.48. The highest BCUT2D eigenvalue weighted by atomic mass is 16.6. The Morgan fingerprint density at radius 2 is 2.05 bits per heavy atom. The first-order chi connectivity index (χ1) is 9.46. The lowest BCUT2D eigenvalue weighted by atomic mass is 9.97. The zero-order chi connectivity index (χ0) is 14.8. The molecular weight excluding hydrogens is 248 g/mol. The van der Waals surface area contributed by atoms with Gasteiger partial charge in [-0.05, 0) is 61.8 Å². The van der Waals surface area contributed by atoms with Crippen LogP contribution >= 0.6 is 0 Å². The van der Waals surface area contributed by atoms with Gasteiger partial charge in [-0.3, -0.25) is 0 Å². The van der Waals surface area contributed by atoms with Crippen molar-refractivity contribution in [1.29, 1.82) is 0 Å². The van der Waals surface area contributed by atoms with Gasteiger partial charge in [0.05, 0.1) is 5.56 Å². The fourth-order valence-corrected chi connectivity index (χ4v) is 2.65. The Balaban J connectivity index is 2.08. The Labute approximate surface area is 121 Å². The molecule has 0 heterocycles. The summed E-state index contributed by atoms with van der Waals surface area (Å²) in [6, 6.07) is 7.78. The number of hydrogen-bond donors (Lipinski definition) is 0. The van der Waals surface area contributed by atoms with Crippen molar-refractivity contribution in [2.45, 2.75) is 58.0 Å². The van der Waals surface area contributed by atoms with Crippen molar-refractivity contribution in [2.24, 2.45) is 0 Å². The van der Waals surface area contributed by atoms with Crippen LogP contribution in [-0.2, 0) is 4.74 Å². The second-order valence-electron chi connectivity index (χ2n) is 6.01. The summed E-state index contributed by atoms with van der Waals surface area (Å²) in [6.45, 7) is 10.3. The van der Waals surface area contributed by atoms with Crippen LogP contribution in [0.15, 0.2) is 36.4 Å². The van der Waals surface area contributed by atoms with Crippen LogP contribution in [0.5, 0.6) is 0 Å². The topological polar surface area (TPSA) is 26.3 Å². The molecule has 2 heteroatoms. The first-order valence-electron chi connectivity index (χ1n) is 7.48. The summed E-state index contributed by atoms with van der Waals surface area (Å²) in [5.41, 5.74) is 2.44. The van der Waals surface area contributed by atoms with E-state index >= 15 is 0 Å². The van der Waals surface area contributed by atoms with Crippen LogP contribution in [0, 0.1) is 0 Å². The SMILES string of the molecule is C=C1CCCC1(C)OC(=O)c1ccc(C(C)CC)cc1. The Hall–Kier alpha value is -1.57. The van der Waals surface area contributed by atoms with Crippen molar-refractivity contribution in [3.8, 4) is 0 Å². The molecule has 0 radical (unpaired) electrons. The van der Waals surface area contributed by atoms with E-state index in [4.69, 9.17) is 4.74 Å². The van der Waals surface area contributed by atoms with Crippen molar-refractivity contribution in [3.05, 3.63) is 47.5 Å². The first kappa shape index (κ1) is 14.8. The summed E-state index contributed by atoms with van der Waals surface area (Å²) in [5, 5.41) is 0. The molecule has 1 fully saturated rings. The summed E-state index contributed by atoms with van der Waals surface area (Å²) in [4.78, 5) is 12.2. The van der Waals surface area contributed by atoms with Crippen molar-refractivity contribution >= 4 is 5.97 Å². The van der Waals surface area contributed by atoms with Gasteiger partial charge in [0.25, 0.3) is 0 Å². The van der Waals surface area contributed by atoms with Gasteiger partial charge in [0.15, 0.2) is 0 Å². The van der Waals surface area contributed by atoms with E-state index in [2.05, 4.69) is 20.4 Å². The van der Waals surface area contributed by atoms with E-state index < -0.39 is 5.60 Å². The predicted octanol–water partition coefficient (Wildman–Crippen LogP) is 4.86. The van der Waals surface area contributed by atoms with Crippen LogP contribution in [0.4, 0.5) is 0 Å². The van der Waals surface area contributed by atoms with Gasteiger partial charge in [-0.2, -0.15) is 0 Å². The molecule has 2 rings (SSSR count). The molecule has 0 aliphatic heterocycles. The van der Waals surface area contributed by atoms with Crippen molar-refractivity contribution in [3.63, 3.8) is 0 Å². The lowest BCUT2D eigenvalue weighted by Crippen LogP contribution is -2.29. The molecule has 1 aliphatic rings. The van der Waals surface area contributed by atoms with E-state index in [0.717, 1.165) is 31.3 Å². The minimum atomic E-state index is -0.480. The third-order valence-electron chi connectivity index (χ3n) is 4.53. The highest BCUT2D eigenvalue weighted by Crippen LogP contribution is 2.37. The van der Waals surface area contributed by atoms with E-state index in [-0.39, 0.29) is 5.97 Å². The normalized spacial score (nSPS) is 23.6. The Bertz CT molecular complexity index is 501. The number of benzene rings is 1. The largest absolute Gasteiger partial charge is 0.451 e. The standard InChI is InChI=1S/C18H24O2/c1-5-13(2)15-8-10-16(11-9-15)17(19)20-18(4)12-6-7-14(18)3/h8-11,13H,3,5-7,12H2,1-2,4H3. The Morgan fingerprint density at radius 3 is 2.55 bits per heavy atom. The molecule has 108 valence electrons. The fraction of sp³-hybridized carbons (Fsp3) is 0.500. The molecule has 2 unspecified atom stereocenters. The average Bonchev–Trinajstić information content (AvgIpc) is 2.77. The molecule has 0 aromatic heterocycles. The number of esters is 1. The van der Waals surface area contributed by atoms with E-state index in [1.165, 1.54) is 5.56 Å². The molecule has 1 aromatic carbocycles. The Kier molecular flexibility index (Phi) is 4.32. The highest BCUT2D eigenvalue weighted by Gasteiger charge is 2.36. The van der Waals surface area contributed by atoms with Gasteiger partial charge in [0.2, 0.25) is 0 Å². The van der Waals surface area contributed by atoms with Gasteiger partial charge in [0.1, 0.15) is 5.60 Å². The minimum Gasteiger partial charge on any atom is -0.451 e.